The summed E-state index contributed by atoms with van der Waals surface area (Å²) in [5, 5.41) is 9.22. The van der Waals surface area contributed by atoms with Crippen molar-refractivity contribution in [3.8, 4) is 11.4 Å². The summed E-state index contributed by atoms with van der Waals surface area (Å²) in [6.45, 7) is 4.29. The number of hydrogen-bond acceptors (Lipinski definition) is 4. The van der Waals surface area contributed by atoms with Gasteiger partial charge in [-0.3, -0.25) is 4.90 Å². The van der Waals surface area contributed by atoms with Crippen molar-refractivity contribution in [2.45, 2.75) is 19.0 Å². The molecular weight excluding hydrogens is 276 g/mol. The van der Waals surface area contributed by atoms with Gasteiger partial charge in [0.05, 0.1) is 0 Å². The number of aromatic nitrogens is 2. The molecule has 5 nitrogen and oxygen atoms in total. The van der Waals surface area contributed by atoms with Crippen LogP contribution in [0, 0.1) is 0 Å². The molecule has 1 saturated heterocycles. The van der Waals surface area contributed by atoms with Crippen LogP contribution in [-0.2, 0) is 6.54 Å². The summed E-state index contributed by atoms with van der Waals surface area (Å²) in [5.74, 6) is 0.927. The Bertz CT molecular complexity index is 584. The van der Waals surface area contributed by atoms with Gasteiger partial charge in [0.1, 0.15) is 5.82 Å². The molecule has 1 aliphatic rings. The molecule has 118 valence electrons. The van der Waals surface area contributed by atoms with Gasteiger partial charge in [0.2, 0.25) is 0 Å². The highest BCUT2D eigenvalue weighted by molar-refractivity contribution is 5.59. The molecule has 3 rings (SSSR count). The highest BCUT2D eigenvalue weighted by atomic mass is 16.3. The summed E-state index contributed by atoms with van der Waals surface area (Å²) in [6.07, 6.45) is 4.49. The SMILES string of the molecule is CN1CCN(Cc2ccccc2-c2ncc[nH]2)C[C@H]1CCO. The van der Waals surface area contributed by atoms with Gasteiger partial charge in [0.15, 0.2) is 0 Å². The first kappa shape index (κ1) is 15.2. The first-order valence-corrected chi connectivity index (χ1v) is 7.89. The zero-order valence-electron chi connectivity index (χ0n) is 13.1. The molecule has 1 fully saturated rings. The molecule has 0 unspecified atom stereocenters. The molecule has 1 aromatic carbocycles. The van der Waals surface area contributed by atoms with Crippen LogP contribution in [0.1, 0.15) is 12.0 Å². The molecular formula is C17H24N4O. The molecule has 0 bridgehead atoms. The average Bonchev–Trinajstić information content (AvgIpc) is 3.06. The molecule has 5 heteroatoms. The summed E-state index contributed by atoms with van der Waals surface area (Å²) in [4.78, 5) is 12.4. The summed E-state index contributed by atoms with van der Waals surface area (Å²) in [5.41, 5.74) is 2.47. The van der Waals surface area contributed by atoms with Crippen LogP contribution in [0.15, 0.2) is 36.7 Å². The van der Waals surface area contributed by atoms with E-state index in [9.17, 15) is 5.11 Å². The van der Waals surface area contributed by atoms with Crippen LogP contribution in [0.3, 0.4) is 0 Å². The molecule has 0 saturated carbocycles. The van der Waals surface area contributed by atoms with Gasteiger partial charge in [-0.25, -0.2) is 4.98 Å². The fourth-order valence-electron chi connectivity index (χ4n) is 3.16. The van der Waals surface area contributed by atoms with E-state index in [1.807, 2.05) is 6.20 Å². The summed E-state index contributed by atoms with van der Waals surface area (Å²) in [6, 6.07) is 8.88. The van der Waals surface area contributed by atoms with E-state index in [0.717, 1.165) is 38.4 Å². The third kappa shape index (κ3) is 3.38. The third-order valence-corrected chi connectivity index (χ3v) is 4.49. The maximum Gasteiger partial charge on any atom is 0.137 e. The number of aromatic amines is 1. The van der Waals surface area contributed by atoms with Crippen LogP contribution in [0.5, 0.6) is 0 Å². The van der Waals surface area contributed by atoms with Crippen LogP contribution in [-0.4, -0.2) is 64.2 Å². The number of imidazole rings is 1. The topological polar surface area (TPSA) is 55.4 Å². The van der Waals surface area contributed by atoms with Crippen LogP contribution >= 0.6 is 0 Å². The van der Waals surface area contributed by atoms with Crippen LogP contribution < -0.4 is 0 Å². The Morgan fingerprint density at radius 1 is 1.32 bits per heavy atom. The highest BCUT2D eigenvalue weighted by Crippen LogP contribution is 2.22. The van der Waals surface area contributed by atoms with Gasteiger partial charge in [-0.15, -0.1) is 0 Å². The van der Waals surface area contributed by atoms with E-state index < -0.39 is 0 Å². The minimum Gasteiger partial charge on any atom is -0.396 e. The number of likely N-dealkylation sites (N-methyl/N-ethyl adjacent to an activating group) is 1. The van der Waals surface area contributed by atoms with Crippen molar-refractivity contribution in [3.63, 3.8) is 0 Å². The average molecular weight is 300 g/mol. The Kier molecular flexibility index (Phi) is 4.87. The lowest BCUT2D eigenvalue weighted by Gasteiger charge is -2.39. The third-order valence-electron chi connectivity index (χ3n) is 4.49. The van der Waals surface area contributed by atoms with Crippen molar-refractivity contribution in [3.05, 3.63) is 42.2 Å². The second kappa shape index (κ2) is 7.05. The number of aliphatic hydroxyl groups is 1. The van der Waals surface area contributed by atoms with Gasteiger partial charge < -0.3 is 15.0 Å². The van der Waals surface area contributed by atoms with Crippen molar-refractivity contribution >= 4 is 0 Å². The van der Waals surface area contributed by atoms with Crippen molar-refractivity contribution in [2.24, 2.45) is 0 Å². The Labute approximate surface area is 131 Å². The summed E-state index contributed by atoms with van der Waals surface area (Å²) in [7, 11) is 2.15. The molecule has 0 spiro atoms. The monoisotopic (exact) mass is 300 g/mol. The number of nitrogens with zero attached hydrogens (tertiary/aromatic N) is 3. The summed E-state index contributed by atoms with van der Waals surface area (Å²) >= 11 is 0. The van der Waals surface area contributed by atoms with E-state index in [1.54, 1.807) is 6.20 Å². The number of nitrogens with one attached hydrogen (secondary N) is 1. The molecule has 0 radical (unpaired) electrons. The molecule has 1 aliphatic heterocycles. The molecule has 2 heterocycles. The minimum atomic E-state index is 0.256. The van der Waals surface area contributed by atoms with Crippen molar-refractivity contribution in [1.82, 2.24) is 19.8 Å². The lowest BCUT2D eigenvalue weighted by Crippen LogP contribution is -2.51. The summed E-state index contributed by atoms with van der Waals surface area (Å²) < 4.78 is 0. The molecule has 0 aliphatic carbocycles. The standard InChI is InChI=1S/C17H24N4O/c1-20-9-10-21(13-15(20)6-11-22)12-14-4-2-3-5-16(14)17-18-7-8-19-17/h2-5,7-8,15,22H,6,9-13H2,1H3,(H,18,19)/t15-/m1/s1. The molecule has 1 atom stereocenters. The predicted octanol–water partition coefficient (Wildman–Crippen LogP) is 1.58. The highest BCUT2D eigenvalue weighted by Gasteiger charge is 2.24. The van der Waals surface area contributed by atoms with Crippen molar-refractivity contribution < 1.29 is 5.11 Å². The van der Waals surface area contributed by atoms with E-state index >= 15 is 0 Å². The fraction of sp³-hybridized carbons (Fsp3) is 0.471. The molecule has 2 aromatic rings. The van der Waals surface area contributed by atoms with E-state index in [4.69, 9.17) is 0 Å². The van der Waals surface area contributed by atoms with Gasteiger partial charge in [-0.05, 0) is 19.0 Å². The van der Waals surface area contributed by atoms with Crippen LogP contribution in [0.2, 0.25) is 0 Å². The second-order valence-corrected chi connectivity index (χ2v) is 5.98. The fourth-order valence-corrected chi connectivity index (χ4v) is 3.16. The van der Waals surface area contributed by atoms with E-state index in [1.165, 1.54) is 11.1 Å². The van der Waals surface area contributed by atoms with E-state index in [0.29, 0.717) is 6.04 Å². The molecule has 22 heavy (non-hydrogen) atoms. The maximum absolute atomic E-state index is 9.22. The normalized spacial score (nSPS) is 20.4. The number of rotatable bonds is 5. The van der Waals surface area contributed by atoms with Gasteiger partial charge in [-0.2, -0.15) is 0 Å². The zero-order chi connectivity index (χ0) is 15.4. The van der Waals surface area contributed by atoms with Gasteiger partial charge >= 0.3 is 0 Å². The molecule has 0 amide bonds. The Morgan fingerprint density at radius 2 is 2.18 bits per heavy atom. The molecule has 1 aromatic heterocycles. The number of piperazine rings is 1. The Hall–Kier alpha value is -1.69. The van der Waals surface area contributed by atoms with E-state index in [-0.39, 0.29) is 6.61 Å². The smallest absolute Gasteiger partial charge is 0.137 e. The largest absolute Gasteiger partial charge is 0.396 e. The minimum absolute atomic E-state index is 0.256. The number of benzene rings is 1. The Balaban J connectivity index is 1.74. The maximum atomic E-state index is 9.22. The lowest BCUT2D eigenvalue weighted by molar-refractivity contribution is 0.0744. The number of aliphatic hydroxyl groups excluding tert-OH is 1. The first-order chi connectivity index (χ1) is 10.8. The van der Waals surface area contributed by atoms with Crippen molar-refractivity contribution in [2.75, 3.05) is 33.3 Å². The van der Waals surface area contributed by atoms with Crippen LogP contribution in [0.4, 0.5) is 0 Å². The zero-order valence-corrected chi connectivity index (χ0v) is 13.1. The molecule has 2 N–H and O–H groups in total. The Morgan fingerprint density at radius 3 is 2.95 bits per heavy atom. The van der Waals surface area contributed by atoms with Gasteiger partial charge in [0, 0.05) is 56.8 Å². The van der Waals surface area contributed by atoms with Crippen LogP contribution in [0.25, 0.3) is 11.4 Å². The number of H-pyrrole nitrogens is 1. The second-order valence-electron chi connectivity index (χ2n) is 5.98. The van der Waals surface area contributed by atoms with Gasteiger partial charge in [0.25, 0.3) is 0 Å². The van der Waals surface area contributed by atoms with E-state index in [2.05, 4.69) is 51.1 Å². The lowest BCUT2D eigenvalue weighted by atomic mass is 10.0. The van der Waals surface area contributed by atoms with Crippen molar-refractivity contribution in [1.29, 1.82) is 0 Å². The quantitative estimate of drug-likeness (QED) is 0.880. The number of hydrogen-bond donors (Lipinski definition) is 2. The van der Waals surface area contributed by atoms with Gasteiger partial charge in [-0.1, -0.05) is 24.3 Å². The first-order valence-electron chi connectivity index (χ1n) is 7.89. The predicted molar refractivity (Wildman–Crippen MR) is 87.4 cm³/mol.